The van der Waals surface area contributed by atoms with E-state index in [0.29, 0.717) is 17.7 Å². The van der Waals surface area contributed by atoms with E-state index in [0.717, 1.165) is 30.6 Å². The molecule has 1 aliphatic rings. The third-order valence-corrected chi connectivity index (χ3v) is 3.97. The molecule has 0 amide bonds. The second kappa shape index (κ2) is 4.67. The van der Waals surface area contributed by atoms with Crippen LogP contribution in [-0.4, -0.2) is 30.1 Å². The minimum Gasteiger partial charge on any atom is -0.508 e. The van der Waals surface area contributed by atoms with Gasteiger partial charge in [0.2, 0.25) is 0 Å². The van der Waals surface area contributed by atoms with E-state index in [1.807, 2.05) is 13.0 Å². The first-order chi connectivity index (χ1) is 8.02. The van der Waals surface area contributed by atoms with E-state index in [9.17, 15) is 5.11 Å². The second-order valence-electron chi connectivity index (χ2n) is 5.29. The molecule has 2 atom stereocenters. The average molecular weight is 234 g/mol. The molecule has 1 aromatic rings. The molecule has 1 aromatic carbocycles. The number of phenolic OH excluding ortho intramolecular Hbond substituents is 1. The summed E-state index contributed by atoms with van der Waals surface area (Å²) >= 11 is 0. The maximum Gasteiger partial charge on any atom is 0.120 e. The monoisotopic (exact) mass is 234 g/mol. The van der Waals surface area contributed by atoms with Gasteiger partial charge in [0.15, 0.2) is 0 Å². The first-order valence-corrected chi connectivity index (χ1v) is 6.23. The van der Waals surface area contributed by atoms with Crippen LogP contribution in [0.1, 0.15) is 29.2 Å². The number of aryl methyl sites for hydroxylation is 2. The Morgan fingerprint density at radius 2 is 2.00 bits per heavy atom. The van der Waals surface area contributed by atoms with Crippen LogP contribution in [0.2, 0.25) is 0 Å². The molecule has 0 radical (unpaired) electrons. The summed E-state index contributed by atoms with van der Waals surface area (Å²) in [7, 11) is 2.11. The number of nitrogens with zero attached hydrogens (tertiary/aromatic N) is 1. The number of aromatic hydroxyl groups is 1. The fourth-order valence-corrected chi connectivity index (χ4v) is 2.73. The highest BCUT2D eigenvalue weighted by Crippen LogP contribution is 2.38. The molecule has 0 aromatic heterocycles. The zero-order valence-corrected chi connectivity index (χ0v) is 10.9. The van der Waals surface area contributed by atoms with Crippen LogP contribution >= 0.6 is 0 Å². The molecule has 3 N–H and O–H groups in total. The summed E-state index contributed by atoms with van der Waals surface area (Å²) in [6, 6.07) is 4.29. The van der Waals surface area contributed by atoms with Gasteiger partial charge >= 0.3 is 0 Å². The van der Waals surface area contributed by atoms with Gasteiger partial charge in [0.25, 0.3) is 0 Å². The molecule has 2 unspecified atom stereocenters. The van der Waals surface area contributed by atoms with Crippen molar-refractivity contribution in [1.29, 1.82) is 0 Å². The first kappa shape index (κ1) is 12.4. The normalized spacial score (nSPS) is 25.4. The van der Waals surface area contributed by atoms with E-state index in [2.05, 4.69) is 24.9 Å². The number of rotatable bonds is 2. The van der Waals surface area contributed by atoms with Gasteiger partial charge in [0.05, 0.1) is 0 Å². The minimum atomic E-state index is 0.308. The standard InChI is InChI=1S/C14H22N2O/c1-9-4-12(14(17)5-10(9)2)13-6-11(7-15)8-16(13)3/h4-5,11,13,17H,6-8,15H2,1-3H3. The van der Waals surface area contributed by atoms with Gasteiger partial charge in [0.1, 0.15) is 5.75 Å². The molecule has 0 aliphatic carbocycles. The number of benzene rings is 1. The van der Waals surface area contributed by atoms with Crippen molar-refractivity contribution in [3.8, 4) is 5.75 Å². The lowest BCUT2D eigenvalue weighted by atomic mass is 9.96. The Morgan fingerprint density at radius 3 is 2.59 bits per heavy atom. The highest BCUT2D eigenvalue weighted by atomic mass is 16.3. The van der Waals surface area contributed by atoms with Gasteiger partial charge in [-0.25, -0.2) is 0 Å². The van der Waals surface area contributed by atoms with Crippen molar-refractivity contribution in [2.24, 2.45) is 11.7 Å². The van der Waals surface area contributed by atoms with Crippen molar-refractivity contribution in [3.05, 3.63) is 28.8 Å². The molecule has 3 nitrogen and oxygen atoms in total. The van der Waals surface area contributed by atoms with Gasteiger partial charge in [-0.3, -0.25) is 4.90 Å². The molecule has 0 spiro atoms. The van der Waals surface area contributed by atoms with Gasteiger partial charge in [0, 0.05) is 18.2 Å². The second-order valence-corrected chi connectivity index (χ2v) is 5.29. The van der Waals surface area contributed by atoms with E-state index in [1.54, 1.807) is 0 Å². The highest BCUT2D eigenvalue weighted by Gasteiger charge is 2.31. The van der Waals surface area contributed by atoms with Crippen LogP contribution in [0, 0.1) is 19.8 Å². The molecule has 1 heterocycles. The van der Waals surface area contributed by atoms with Gasteiger partial charge < -0.3 is 10.8 Å². The summed E-state index contributed by atoms with van der Waals surface area (Å²) < 4.78 is 0. The van der Waals surface area contributed by atoms with E-state index in [-0.39, 0.29) is 0 Å². The van der Waals surface area contributed by atoms with Crippen LogP contribution in [0.5, 0.6) is 5.75 Å². The number of hydrogen-bond donors (Lipinski definition) is 2. The number of phenols is 1. The first-order valence-electron chi connectivity index (χ1n) is 6.23. The SMILES string of the molecule is Cc1cc(O)c(C2CC(CN)CN2C)cc1C. The molecule has 94 valence electrons. The predicted molar refractivity (Wildman–Crippen MR) is 70.1 cm³/mol. The van der Waals surface area contributed by atoms with Gasteiger partial charge in [-0.2, -0.15) is 0 Å². The Balaban J connectivity index is 2.31. The summed E-state index contributed by atoms with van der Waals surface area (Å²) in [5, 5.41) is 10.1. The lowest BCUT2D eigenvalue weighted by Crippen LogP contribution is -2.20. The highest BCUT2D eigenvalue weighted by molar-refractivity contribution is 5.43. The molecule has 1 aliphatic heterocycles. The fraction of sp³-hybridized carbons (Fsp3) is 0.571. The van der Waals surface area contributed by atoms with Gasteiger partial charge in [-0.15, -0.1) is 0 Å². The largest absolute Gasteiger partial charge is 0.508 e. The molecular formula is C14H22N2O. The molecule has 17 heavy (non-hydrogen) atoms. The third-order valence-electron chi connectivity index (χ3n) is 3.97. The van der Waals surface area contributed by atoms with Crippen molar-refractivity contribution < 1.29 is 5.11 Å². The van der Waals surface area contributed by atoms with Crippen molar-refractivity contribution in [1.82, 2.24) is 4.90 Å². The summed E-state index contributed by atoms with van der Waals surface area (Å²) in [5.41, 5.74) is 9.17. The summed E-state index contributed by atoms with van der Waals surface area (Å²) in [5.74, 6) is 0.966. The Morgan fingerprint density at radius 1 is 1.35 bits per heavy atom. The summed E-state index contributed by atoms with van der Waals surface area (Å²) in [6.45, 7) is 5.87. The average Bonchev–Trinajstić information content (AvgIpc) is 2.65. The van der Waals surface area contributed by atoms with Gasteiger partial charge in [-0.05, 0) is 57.0 Å². The van der Waals surface area contributed by atoms with Crippen LogP contribution in [-0.2, 0) is 0 Å². The topological polar surface area (TPSA) is 49.5 Å². The molecule has 0 saturated carbocycles. The van der Waals surface area contributed by atoms with Gasteiger partial charge in [-0.1, -0.05) is 6.07 Å². The maximum absolute atomic E-state index is 10.1. The van der Waals surface area contributed by atoms with E-state index in [1.165, 1.54) is 5.56 Å². The Bertz CT molecular complexity index is 417. The molecule has 1 saturated heterocycles. The Hall–Kier alpha value is -1.06. The van der Waals surface area contributed by atoms with E-state index >= 15 is 0 Å². The molecule has 2 rings (SSSR count). The van der Waals surface area contributed by atoms with Crippen molar-refractivity contribution >= 4 is 0 Å². The summed E-state index contributed by atoms with van der Waals surface area (Å²) in [4.78, 5) is 2.29. The molecule has 3 heteroatoms. The number of likely N-dealkylation sites (tertiary alicyclic amines) is 1. The van der Waals surface area contributed by atoms with Crippen LogP contribution in [0.4, 0.5) is 0 Å². The predicted octanol–water partition coefficient (Wildman–Crippen LogP) is 1.96. The zero-order chi connectivity index (χ0) is 12.6. The summed E-state index contributed by atoms with van der Waals surface area (Å²) in [6.07, 6.45) is 1.04. The smallest absolute Gasteiger partial charge is 0.120 e. The van der Waals surface area contributed by atoms with Crippen LogP contribution in [0.15, 0.2) is 12.1 Å². The molecule has 1 fully saturated rings. The molecular weight excluding hydrogens is 212 g/mol. The third kappa shape index (κ3) is 2.31. The van der Waals surface area contributed by atoms with Crippen molar-refractivity contribution in [2.75, 3.05) is 20.1 Å². The fourth-order valence-electron chi connectivity index (χ4n) is 2.73. The Labute approximate surface area is 103 Å². The zero-order valence-electron chi connectivity index (χ0n) is 10.9. The van der Waals surface area contributed by atoms with Crippen molar-refractivity contribution in [3.63, 3.8) is 0 Å². The maximum atomic E-state index is 10.1. The van der Waals surface area contributed by atoms with Crippen molar-refractivity contribution in [2.45, 2.75) is 26.3 Å². The van der Waals surface area contributed by atoms with Crippen LogP contribution in [0.3, 0.4) is 0 Å². The van der Waals surface area contributed by atoms with E-state index < -0.39 is 0 Å². The minimum absolute atomic E-state index is 0.308. The Kier molecular flexibility index (Phi) is 3.40. The van der Waals surface area contributed by atoms with E-state index in [4.69, 9.17) is 5.73 Å². The lowest BCUT2D eigenvalue weighted by molar-refractivity contribution is 0.305. The molecule has 0 bridgehead atoms. The lowest BCUT2D eigenvalue weighted by Gasteiger charge is -2.21. The van der Waals surface area contributed by atoms with Crippen LogP contribution in [0.25, 0.3) is 0 Å². The quantitative estimate of drug-likeness (QED) is 0.822. The number of hydrogen-bond acceptors (Lipinski definition) is 3. The van der Waals surface area contributed by atoms with Crippen LogP contribution < -0.4 is 5.73 Å². The number of nitrogens with two attached hydrogens (primary N) is 1.